The van der Waals surface area contributed by atoms with Gasteiger partial charge in [0.05, 0.1) is 0 Å². The van der Waals surface area contributed by atoms with Crippen molar-refractivity contribution in [2.75, 3.05) is 11.4 Å². The number of amides is 2. The summed E-state index contributed by atoms with van der Waals surface area (Å²) >= 11 is 0. The molecule has 0 aromatic heterocycles. The summed E-state index contributed by atoms with van der Waals surface area (Å²) in [7, 11) is 0. The minimum Gasteiger partial charge on any atom is -0.480 e. The molecule has 5 nitrogen and oxygen atoms in total. The van der Waals surface area contributed by atoms with Gasteiger partial charge in [-0.2, -0.15) is 0 Å². The SMILES string of the molecule is CCN(C(=O)NC(C)(C(=O)O)C1CC1)c1cccc(C)c1. The van der Waals surface area contributed by atoms with E-state index in [-0.39, 0.29) is 11.9 Å². The van der Waals surface area contributed by atoms with Crippen molar-refractivity contribution in [2.24, 2.45) is 5.92 Å². The molecule has 2 rings (SSSR count). The maximum absolute atomic E-state index is 12.5. The standard InChI is InChI=1S/C16H22N2O3/c1-4-18(13-7-5-6-11(2)10-13)15(21)17-16(3,14(19)20)12-8-9-12/h5-7,10,12H,4,8-9H2,1-3H3,(H,17,21)(H,19,20). The highest BCUT2D eigenvalue weighted by molar-refractivity contribution is 5.96. The monoisotopic (exact) mass is 290 g/mol. The van der Waals surface area contributed by atoms with Crippen LogP contribution in [0.1, 0.15) is 32.3 Å². The number of hydrogen-bond donors (Lipinski definition) is 2. The molecule has 1 aromatic carbocycles. The van der Waals surface area contributed by atoms with Crippen molar-refractivity contribution in [1.82, 2.24) is 5.32 Å². The molecule has 1 aromatic rings. The first kappa shape index (κ1) is 15.4. The zero-order valence-corrected chi connectivity index (χ0v) is 12.7. The molecule has 2 N–H and O–H groups in total. The Balaban J connectivity index is 2.19. The molecule has 1 fully saturated rings. The minimum atomic E-state index is -1.19. The smallest absolute Gasteiger partial charge is 0.329 e. The number of benzene rings is 1. The van der Waals surface area contributed by atoms with Crippen molar-refractivity contribution in [3.8, 4) is 0 Å². The van der Waals surface area contributed by atoms with E-state index >= 15 is 0 Å². The fourth-order valence-electron chi connectivity index (χ4n) is 2.52. The second kappa shape index (κ2) is 5.76. The van der Waals surface area contributed by atoms with Gasteiger partial charge in [-0.25, -0.2) is 9.59 Å². The predicted octanol–water partition coefficient (Wildman–Crippen LogP) is 2.78. The van der Waals surface area contributed by atoms with Crippen LogP contribution in [0.15, 0.2) is 24.3 Å². The topological polar surface area (TPSA) is 69.6 Å². The van der Waals surface area contributed by atoms with Crippen molar-refractivity contribution < 1.29 is 14.7 Å². The summed E-state index contributed by atoms with van der Waals surface area (Å²) in [4.78, 5) is 25.6. The van der Waals surface area contributed by atoms with Crippen molar-refractivity contribution in [3.05, 3.63) is 29.8 Å². The number of aryl methyl sites for hydroxylation is 1. The predicted molar refractivity (Wildman–Crippen MR) is 81.5 cm³/mol. The summed E-state index contributed by atoms with van der Waals surface area (Å²) in [6, 6.07) is 7.25. The molecule has 0 aliphatic heterocycles. The number of carbonyl (C=O) groups excluding carboxylic acids is 1. The van der Waals surface area contributed by atoms with Crippen LogP contribution in [0.3, 0.4) is 0 Å². The Morgan fingerprint density at radius 3 is 2.57 bits per heavy atom. The molecule has 5 heteroatoms. The fraction of sp³-hybridized carbons (Fsp3) is 0.500. The Morgan fingerprint density at radius 2 is 2.10 bits per heavy atom. The molecule has 1 unspecified atom stereocenters. The average molecular weight is 290 g/mol. The van der Waals surface area contributed by atoms with Crippen molar-refractivity contribution >= 4 is 17.7 Å². The first-order chi connectivity index (χ1) is 9.88. The van der Waals surface area contributed by atoms with Gasteiger partial charge in [-0.1, -0.05) is 12.1 Å². The van der Waals surface area contributed by atoms with Gasteiger partial charge in [0.2, 0.25) is 0 Å². The van der Waals surface area contributed by atoms with E-state index in [4.69, 9.17) is 0 Å². The highest BCUT2D eigenvalue weighted by Gasteiger charge is 2.49. The van der Waals surface area contributed by atoms with E-state index in [1.807, 2.05) is 38.1 Å². The second-order valence-corrected chi connectivity index (χ2v) is 5.80. The van der Waals surface area contributed by atoms with Gasteiger partial charge in [-0.3, -0.25) is 4.90 Å². The Bertz CT molecular complexity index is 554. The summed E-state index contributed by atoms with van der Waals surface area (Å²) in [5.41, 5.74) is 0.648. The van der Waals surface area contributed by atoms with E-state index in [9.17, 15) is 14.7 Å². The molecule has 1 aliphatic rings. The summed E-state index contributed by atoms with van der Waals surface area (Å²) < 4.78 is 0. The highest BCUT2D eigenvalue weighted by atomic mass is 16.4. The molecule has 114 valence electrons. The van der Waals surface area contributed by atoms with Gasteiger partial charge in [-0.05, 0) is 57.2 Å². The van der Waals surface area contributed by atoms with Gasteiger partial charge < -0.3 is 10.4 Å². The van der Waals surface area contributed by atoms with Crippen LogP contribution in [0, 0.1) is 12.8 Å². The maximum atomic E-state index is 12.5. The molecule has 21 heavy (non-hydrogen) atoms. The van der Waals surface area contributed by atoms with Crippen molar-refractivity contribution in [1.29, 1.82) is 0 Å². The normalized spacial score (nSPS) is 16.9. The number of anilines is 1. The number of nitrogens with zero attached hydrogens (tertiary/aromatic N) is 1. The third-order valence-electron chi connectivity index (χ3n) is 4.08. The largest absolute Gasteiger partial charge is 0.480 e. The molecule has 0 bridgehead atoms. The third kappa shape index (κ3) is 3.17. The van der Waals surface area contributed by atoms with E-state index in [0.29, 0.717) is 6.54 Å². The molecule has 2 amide bonds. The Hall–Kier alpha value is -2.04. The minimum absolute atomic E-state index is 0.0233. The van der Waals surface area contributed by atoms with Gasteiger partial charge in [0.15, 0.2) is 0 Å². The summed E-state index contributed by atoms with van der Waals surface area (Å²) in [6.07, 6.45) is 1.69. The van der Waals surface area contributed by atoms with Gasteiger partial charge >= 0.3 is 12.0 Å². The van der Waals surface area contributed by atoms with Gasteiger partial charge in [0.25, 0.3) is 0 Å². The van der Waals surface area contributed by atoms with Crippen LogP contribution in [0.5, 0.6) is 0 Å². The molecule has 0 radical (unpaired) electrons. The lowest BCUT2D eigenvalue weighted by Crippen LogP contribution is -2.57. The number of nitrogens with one attached hydrogen (secondary N) is 1. The van der Waals surface area contributed by atoms with Crippen LogP contribution in [-0.2, 0) is 4.79 Å². The van der Waals surface area contributed by atoms with Gasteiger partial charge in [0.1, 0.15) is 5.54 Å². The lowest BCUT2D eigenvalue weighted by Gasteiger charge is -2.30. The number of urea groups is 1. The number of carboxylic acid groups (broad SMARTS) is 1. The quantitative estimate of drug-likeness (QED) is 0.876. The van der Waals surface area contributed by atoms with Crippen LogP contribution in [0.2, 0.25) is 0 Å². The molecule has 0 saturated heterocycles. The molecular formula is C16H22N2O3. The van der Waals surface area contributed by atoms with E-state index < -0.39 is 11.5 Å². The lowest BCUT2D eigenvalue weighted by atomic mass is 9.96. The molecular weight excluding hydrogens is 268 g/mol. The molecule has 1 atom stereocenters. The zero-order chi connectivity index (χ0) is 15.6. The van der Waals surface area contributed by atoms with Crippen LogP contribution in [0.25, 0.3) is 0 Å². The van der Waals surface area contributed by atoms with Gasteiger partial charge in [-0.15, -0.1) is 0 Å². The summed E-state index contributed by atoms with van der Waals surface area (Å²) in [5.74, 6) is -0.950. The van der Waals surface area contributed by atoms with Crippen LogP contribution >= 0.6 is 0 Å². The highest BCUT2D eigenvalue weighted by Crippen LogP contribution is 2.39. The number of carbonyl (C=O) groups is 2. The number of hydrogen-bond acceptors (Lipinski definition) is 2. The molecule has 1 aliphatic carbocycles. The first-order valence-corrected chi connectivity index (χ1v) is 7.28. The molecule has 0 spiro atoms. The Labute approximate surface area is 125 Å². The Morgan fingerprint density at radius 1 is 1.43 bits per heavy atom. The molecule has 1 saturated carbocycles. The lowest BCUT2D eigenvalue weighted by molar-refractivity contribution is -0.144. The van der Waals surface area contributed by atoms with E-state index in [1.165, 1.54) is 0 Å². The van der Waals surface area contributed by atoms with E-state index in [1.54, 1.807) is 11.8 Å². The Kier molecular flexibility index (Phi) is 4.21. The van der Waals surface area contributed by atoms with Crippen LogP contribution < -0.4 is 10.2 Å². The van der Waals surface area contributed by atoms with Crippen LogP contribution in [0.4, 0.5) is 10.5 Å². The number of rotatable bonds is 5. The van der Waals surface area contributed by atoms with Crippen molar-refractivity contribution in [3.63, 3.8) is 0 Å². The third-order valence-corrected chi connectivity index (χ3v) is 4.08. The average Bonchev–Trinajstić information content (AvgIpc) is 3.23. The summed E-state index contributed by atoms with van der Waals surface area (Å²) in [6.45, 7) is 5.91. The van der Waals surface area contributed by atoms with Crippen LogP contribution in [-0.4, -0.2) is 29.2 Å². The number of carboxylic acids is 1. The van der Waals surface area contributed by atoms with Gasteiger partial charge in [0, 0.05) is 12.2 Å². The first-order valence-electron chi connectivity index (χ1n) is 7.28. The maximum Gasteiger partial charge on any atom is 0.329 e. The number of aliphatic carboxylic acids is 1. The second-order valence-electron chi connectivity index (χ2n) is 5.80. The van der Waals surface area contributed by atoms with E-state index in [2.05, 4.69) is 5.32 Å². The zero-order valence-electron chi connectivity index (χ0n) is 12.7. The van der Waals surface area contributed by atoms with Crippen molar-refractivity contribution in [2.45, 2.75) is 39.2 Å². The summed E-state index contributed by atoms with van der Waals surface area (Å²) in [5, 5.41) is 12.1. The fourth-order valence-corrected chi connectivity index (χ4v) is 2.52. The van der Waals surface area contributed by atoms with E-state index in [0.717, 1.165) is 24.1 Å². The molecule has 0 heterocycles.